The first-order chi connectivity index (χ1) is 17.2. The van der Waals surface area contributed by atoms with Gasteiger partial charge in [-0.05, 0) is 93.1 Å². The van der Waals surface area contributed by atoms with E-state index in [2.05, 4.69) is 5.32 Å². The highest BCUT2D eigenvalue weighted by atomic mass is 32.2. The molecule has 3 aromatic carbocycles. The van der Waals surface area contributed by atoms with Crippen molar-refractivity contribution >= 4 is 33.4 Å². The molecule has 0 aliphatic carbocycles. The fraction of sp³-hybridized carbons (Fsp3) is 0.296. The first kappa shape index (κ1) is 27.5. The lowest BCUT2D eigenvalue weighted by atomic mass is 10.1. The minimum absolute atomic E-state index is 0.0299. The SMILES string of the molecule is CSc1ccc(S(=O)(=O)N(CC(=O)NCCCc2ccc(OC(C)C)cc2)c2cccc(F)c2)cc1. The summed E-state index contributed by atoms with van der Waals surface area (Å²) in [5, 5.41) is 2.78. The molecule has 0 aliphatic rings. The summed E-state index contributed by atoms with van der Waals surface area (Å²) in [6, 6.07) is 19.4. The molecule has 0 spiro atoms. The van der Waals surface area contributed by atoms with Crippen molar-refractivity contribution in [3.63, 3.8) is 0 Å². The molecule has 6 nitrogen and oxygen atoms in total. The van der Waals surface area contributed by atoms with Gasteiger partial charge in [-0.25, -0.2) is 12.8 Å². The Labute approximate surface area is 216 Å². The zero-order valence-corrected chi connectivity index (χ0v) is 22.2. The van der Waals surface area contributed by atoms with E-state index in [1.54, 1.807) is 12.1 Å². The lowest BCUT2D eigenvalue weighted by Gasteiger charge is -2.24. The van der Waals surface area contributed by atoms with Gasteiger partial charge in [-0.15, -0.1) is 11.8 Å². The third kappa shape index (κ3) is 7.73. The van der Waals surface area contributed by atoms with Gasteiger partial charge in [-0.1, -0.05) is 18.2 Å². The summed E-state index contributed by atoms with van der Waals surface area (Å²) >= 11 is 1.49. The third-order valence-electron chi connectivity index (χ3n) is 5.29. The number of benzene rings is 3. The Bertz CT molecular complexity index is 1250. The van der Waals surface area contributed by atoms with Crippen molar-refractivity contribution in [2.24, 2.45) is 0 Å². The third-order valence-corrected chi connectivity index (χ3v) is 7.82. The second-order valence-electron chi connectivity index (χ2n) is 8.43. The van der Waals surface area contributed by atoms with E-state index in [1.165, 1.54) is 42.1 Å². The van der Waals surface area contributed by atoms with Crippen LogP contribution in [0.5, 0.6) is 5.75 Å². The number of thioether (sulfide) groups is 1. The zero-order valence-electron chi connectivity index (χ0n) is 20.6. The number of sulfonamides is 1. The molecule has 0 radical (unpaired) electrons. The number of aryl methyl sites for hydroxylation is 1. The van der Waals surface area contributed by atoms with Gasteiger partial charge >= 0.3 is 0 Å². The standard InChI is InChI=1S/C27H31FN2O4S2/c1-20(2)34-24-11-9-21(10-12-24)6-5-17-29-27(31)19-30(23-8-4-7-22(28)18-23)36(32,33)26-15-13-25(35-3)14-16-26/h4,7-16,18,20H,5-6,17,19H2,1-3H3,(H,29,31). The Morgan fingerprint density at radius 2 is 1.75 bits per heavy atom. The Balaban J connectivity index is 1.64. The van der Waals surface area contributed by atoms with Gasteiger partial charge < -0.3 is 10.1 Å². The first-order valence-corrected chi connectivity index (χ1v) is 14.3. The summed E-state index contributed by atoms with van der Waals surface area (Å²) in [5.41, 5.74) is 1.20. The van der Waals surface area contributed by atoms with Crippen molar-refractivity contribution in [3.8, 4) is 5.75 Å². The van der Waals surface area contributed by atoms with Crippen LogP contribution in [0, 0.1) is 5.82 Å². The smallest absolute Gasteiger partial charge is 0.264 e. The Kier molecular flexibility index (Phi) is 9.78. The quantitative estimate of drug-likeness (QED) is 0.255. The summed E-state index contributed by atoms with van der Waals surface area (Å²) in [6.45, 7) is 3.86. The second-order valence-corrected chi connectivity index (χ2v) is 11.2. The van der Waals surface area contributed by atoms with Crippen LogP contribution in [0.3, 0.4) is 0 Å². The molecule has 1 N–H and O–H groups in total. The van der Waals surface area contributed by atoms with Crippen LogP contribution in [0.15, 0.2) is 82.6 Å². The van der Waals surface area contributed by atoms with Crippen LogP contribution in [-0.4, -0.2) is 39.8 Å². The minimum atomic E-state index is -4.09. The maximum Gasteiger partial charge on any atom is 0.264 e. The van der Waals surface area contributed by atoms with Crippen molar-refractivity contribution in [1.82, 2.24) is 5.32 Å². The van der Waals surface area contributed by atoms with E-state index in [1.807, 2.05) is 44.4 Å². The molecule has 192 valence electrons. The summed E-state index contributed by atoms with van der Waals surface area (Å²) in [4.78, 5) is 13.7. The summed E-state index contributed by atoms with van der Waals surface area (Å²) in [7, 11) is -4.09. The molecule has 0 aliphatic heterocycles. The Morgan fingerprint density at radius 1 is 1.06 bits per heavy atom. The molecule has 0 bridgehead atoms. The number of rotatable bonds is 12. The van der Waals surface area contributed by atoms with E-state index in [-0.39, 0.29) is 16.7 Å². The maximum absolute atomic E-state index is 13.9. The van der Waals surface area contributed by atoms with Gasteiger partial charge in [-0.3, -0.25) is 9.10 Å². The number of anilines is 1. The molecule has 0 fully saturated rings. The highest BCUT2D eigenvalue weighted by molar-refractivity contribution is 7.98. The predicted molar refractivity (Wildman–Crippen MR) is 143 cm³/mol. The van der Waals surface area contributed by atoms with E-state index in [4.69, 9.17) is 4.74 Å². The van der Waals surface area contributed by atoms with Crippen LogP contribution in [0.1, 0.15) is 25.8 Å². The molecule has 3 rings (SSSR count). The molecule has 9 heteroatoms. The molecule has 0 aromatic heterocycles. The van der Waals surface area contributed by atoms with Gasteiger partial charge in [0.2, 0.25) is 5.91 Å². The number of carbonyl (C=O) groups is 1. The maximum atomic E-state index is 13.9. The van der Waals surface area contributed by atoms with Crippen molar-refractivity contribution in [1.29, 1.82) is 0 Å². The number of nitrogens with zero attached hydrogens (tertiary/aromatic N) is 1. The predicted octanol–water partition coefficient (Wildman–Crippen LogP) is 5.28. The highest BCUT2D eigenvalue weighted by Crippen LogP contribution is 2.26. The normalized spacial score (nSPS) is 11.4. The van der Waals surface area contributed by atoms with Gasteiger partial charge in [0.15, 0.2) is 0 Å². The molecule has 0 heterocycles. The molecule has 36 heavy (non-hydrogen) atoms. The average Bonchev–Trinajstić information content (AvgIpc) is 2.85. The number of halogens is 1. The van der Waals surface area contributed by atoms with Crippen molar-refractivity contribution in [2.45, 2.75) is 42.6 Å². The topological polar surface area (TPSA) is 75.7 Å². The number of nitrogens with one attached hydrogen (secondary N) is 1. The summed E-state index contributed by atoms with van der Waals surface area (Å²) in [5.74, 6) is -0.247. The highest BCUT2D eigenvalue weighted by Gasteiger charge is 2.27. The Morgan fingerprint density at radius 3 is 2.36 bits per heavy atom. The van der Waals surface area contributed by atoms with Crippen LogP contribution in [0.4, 0.5) is 10.1 Å². The number of amides is 1. The Hall–Kier alpha value is -3.04. The van der Waals surface area contributed by atoms with Crippen LogP contribution >= 0.6 is 11.8 Å². The van der Waals surface area contributed by atoms with Crippen molar-refractivity contribution in [3.05, 3.63) is 84.2 Å². The van der Waals surface area contributed by atoms with Crippen LogP contribution in [0.25, 0.3) is 0 Å². The molecular weight excluding hydrogens is 499 g/mol. The fourth-order valence-electron chi connectivity index (χ4n) is 3.53. The van der Waals surface area contributed by atoms with Gasteiger partial charge in [0.1, 0.15) is 18.1 Å². The summed E-state index contributed by atoms with van der Waals surface area (Å²) in [6.07, 6.45) is 3.43. The minimum Gasteiger partial charge on any atom is -0.491 e. The molecule has 0 atom stereocenters. The molecule has 3 aromatic rings. The van der Waals surface area contributed by atoms with Gasteiger partial charge in [0, 0.05) is 11.4 Å². The van der Waals surface area contributed by atoms with Crippen molar-refractivity contribution < 1.29 is 22.3 Å². The molecule has 1 amide bonds. The van der Waals surface area contributed by atoms with Crippen molar-refractivity contribution in [2.75, 3.05) is 23.7 Å². The first-order valence-electron chi connectivity index (χ1n) is 11.6. The second kappa shape index (κ2) is 12.8. The lowest BCUT2D eigenvalue weighted by Crippen LogP contribution is -2.41. The van der Waals surface area contributed by atoms with Crippen LogP contribution in [0.2, 0.25) is 0 Å². The van der Waals surface area contributed by atoms with Crippen LogP contribution < -0.4 is 14.4 Å². The molecule has 0 saturated heterocycles. The van der Waals surface area contributed by atoms with E-state index >= 15 is 0 Å². The number of hydrogen-bond donors (Lipinski definition) is 1. The van der Waals surface area contributed by atoms with E-state index < -0.39 is 28.3 Å². The number of ether oxygens (including phenoxy) is 1. The molecule has 0 unspecified atom stereocenters. The van der Waals surface area contributed by atoms with Gasteiger partial charge in [0.25, 0.3) is 10.0 Å². The summed E-state index contributed by atoms with van der Waals surface area (Å²) < 4.78 is 47.3. The van der Waals surface area contributed by atoms with Gasteiger partial charge in [0.05, 0.1) is 16.7 Å². The van der Waals surface area contributed by atoms with E-state index in [0.717, 1.165) is 33.0 Å². The van der Waals surface area contributed by atoms with Gasteiger partial charge in [-0.2, -0.15) is 0 Å². The number of hydrogen-bond acceptors (Lipinski definition) is 5. The van der Waals surface area contributed by atoms with E-state index in [9.17, 15) is 17.6 Å². The molecular formula is C27H31FN2O4S2. The lowest BCUT2D eigenvalue weighted by molar-refractivity contribution is -0.119. The molecule has 0 saturated carbocycles. The average molecular weight is 531 g/mol. The largest absolute Gasteiger partial charge is 0.491 e. The van der Waals surface area contributed by atoms with E-state index in [0.29, 0.717) is 13.0 Å². The monoisotopic (exact) mass is 530 g/mol. The number of carbonyl (C=O) groups excluding carboxylic acids is 1. The fourth-order valence-corrected chi connectivity index (χ4v) is 5.36. The zero-order chi connectivity index (χ0) is 26.1. The van der Waals surface area contributed by atoms with Crippen LogP contribution in [-0.2, 0) is 21.2 Å².